The van der Waals surface area contributed by atoms with Crippen molar-refractivity contribution in [1.82, 2.24) is 9.88 Å². The zero-order valence-corrected chi connectivity index (χ0v) is 15.7. The van der Waals surface area contributed by atoms with Crippen LogP contribution in [0.2, 0.25) is 0 Å². The summed E-state index contributed by atoms with van der Waals surface area (Å²) in [7, 11) is 5.67. The summed E-state index contributed by atoms with van der Waals surface area (Å²) in [5.74, 6) is 1.55. The summed E-state index contributed by atoms with van der Waals surface area (Å²) in [6, 6.07) is 13.8. The zero-order valence-electron chi connectivity index (χ0n) is 14.9. The van der Waals surface area contributed by atoms with E-state index < -0.39 is 0 Å². The van der Waals surface area contributed by atoms with Crippen molar-refractivity contribution in [3.8, 4) is 23.3 Å². The first kappa shape index (κ1) is 18.0. The van der Waals surface area contributed by atoms with Gasteiger partial charge in [0.25, 0.3) is 0 Å². The second-order valence-electron chi connectivity index (χ2n) is 5.91. The van der Waals surface area contributed by atoms with Gasteiger partial charge in [0.05, 0.1) is 13.2 Å². The van der Waals surface area contributed by atoms with Crippen molar-refractivity contribution >= 4 is 17.2 Å². The minimum Gasteiger partial charge on any atom is -0.497 e. The third-order valence-corrected chi connectivity index (χ3v) is 4.99. The Bertz CT molecular complexity index is 879. The fourth-order valence-electron chi connectivity index (χ4n) is 2.58. The van der Waals surface area contributed by atoms with Crippen LogP contribution in [-0.4, -0.2) is 37.6 Å². The molecule has 1 unspecified atom stereocenters. The molecule has 2 heterocycles. The number of rotatable bonds is 7. The van der Waals surface area contributed by atoms with Crippen molar-refractivity contribution in [3.05, 3.63) is 52.3 Å². The van der Waals surface area contributed by atoms with Crippen LogP contribution in [0.5, 0.6) is 5.75 Å². The number of likely N-dealkylation sites (N-methyl/N-ethyl adjacent to an activating group) is 1. The molecule has 0 radical (unpaired) electrons. The standard InChI is InChI=1S/C19H20N4O2S/c1-23(2)16(17-5-4-10-26-17)12-21-19-15(11-20)22-18(25-19)13-6-8-14(24-3)9-7-13/h4-10,16,21H,12H2,1-3H3. The Hall–Kier alpha value is -2.82. The maximum absolute atomic E-state index is 9.38. The van der Waals surface area contributed by atoms with Crippen LogP contribution >= 0.6 is 11.3 Å². The highest BCUT2D eigenvalue weighted by atomic mass is 32.1. The molecule has 0 saturated heterocycles. The van der Waals surface area contributed by atoms with E-state index >= 15 is 0 Å². The molecule has 3 aromatic rings. The molecule has 26 heavy (non-hydrogen) atoms. The van der Waals surface area contributed by atoms with Gasteiger partial charge in [0.2, 0.25) is 17.5 Å². The molecule has 134 valence electrons. The quantitative estimate of drug-likeness (QED) is 0.679. The lowest BCUT2D eigenvalue weighted by Gasteiger charge is -2.23. The van der Waals surface area contributed by atoms with Gasteiger partial charge in [-0.2, -0.15) is 10.2 Å². The van der Waals surface area contributed by atoms with E-state index in [4.69, 9.17) is 9.15 Å². The normalized spacial score (nSPS) is 12.0. The van der Waals surface area contributed by atoms with Crippen LogP contribution in [0.15, 0.2) is 46.2 Å². The largest absolute Gasteiger partial charge is 0.497 e. The predicted molar refractivity (Wildman–Crippen MR) is 102 cm³/mol. The van der Waals surface area contributed by atoms with Gasteiger partial charge in [0.15, 0.2) is 0 Å². The summed E-state index contributed by atoms with van der Waals surface area (Å²) >= 11 is 1.71. The third-order valence-electron chi connectivity index (χ3n) is 4.02. The number of methoxy groups -OCH3 is 1. The number of thiophene rings is 1. The third kappa shape index (κ3) is 3.87. The highest BCUT2D eigenvalue weighted by Crippen LogP contribution is 2.28. The molecule has 0 amide bonds. The van der Waals surface area contributed by atoms with E-state index in [-0.39, 0.29) is 11.7 Å². The fraction of sp³-hybridized carbons (Fsp3) is 0.263. The maximum atomic E-state index is 9.38. The number of hydrogen-bond donors (Lipinski definition) is 1. The van der Waals surface area contributed by atoms with Gasteiger partial charge < -0.3 is 19.4 Å². The predicted octanol–water partition coefficient (Wildman–Crippen LogP) is 4.00. The van der Waals surface area contributed by atoms with E-state index in [1.165, 1.54) is 4.88 Å². The molecule has 1 aromatic carbocycles. The number of oxazole rings is 1. The Kier molecular flexibility index (Phi) is 5.56. The van der Waals surface area contributed by atoms with Gasteiger partial charge in [-0.25, -0.2) is 0 Å². The molecule has 0 aliphatic heterocycles. The molecule has 0 aliphatic carbocycles. The van der Waals surface area contributed by atoms with Gasteiger partial charge in [-0.1, -0.05) is 6.07 Å². The van der Waals surface area contributed by atoms with Crippen molar-refractivity contribution in [2.24, 2.45) is 0 Å². The SMILES string of the molecule is COc1ccc(-c2nc(C#N)c(NCC(c3cccs3)N(C)C)o2)cc1. The molecule has 6 nitrogen and oxygen atoms in total. The summed E-state index contributed by atoms with van der Waals surface area (Å²) in [5.41, 5.74) is 1.04. The number of nitrogens with one attached hydrogen (secondary N) is 1. The van der Waals surface area contributed by atoms with Gasteiger partial charge in [-0.3, -0.25) is 0 Å². The van der Waals surface area contributed by atoms with Crippen molar-refractivity contribution in [2.45, 2.75) is 6.04 Å². The minimum atomic E-state index is 0.177. The zero-order chi connectivity index (χ0) is 18.5. The molecule has 0 bridgehead atoms. The van der Waals surface area contributed by atoms with Crippen molar-refractivity contribution in [2.75, 3.05) is 33.1 Å². The van der Waals surface area contributed by atoms with E-state index in [0.29, 0.717) is 18.3 Å². The lowest BCUT2D eigenvalue weighted by Crippen LogP contribution is -2.26. The number of nitrogens with zero attached hydrogens (tertiary/aromatic N) is 3. The average molecular weight is 368 g/mol. The van der Waals surface area contributed by atoms with Gasteiger partial charge >= 0.3 is 0 Å². The van der Waals surface area contributed by atoms with Crippen LogP contribution in [-0.2, 0) is 0 Å². The highest BCUT2D eigenvalue weighted by Gasteiger charge is 2.19. The average Bonchev–Trinajstić information content (AvgIpc) is 3.31. The number of benzene rings is 1. The van der Waals surface area contributed by atoms with E-state index in [2.05, 4.69) is 32.7 Å². The Balaban J connectivity index is 1.79. The number of nitriles is 1. The smallest absolute Gasteiger partial charge is 0.232 e. The highest BCUT2D eigenvalue weighted by molar-refractivity contribution is 7.10. The molecule has 1 atom stereocenters. The maximum Gasteiger partial charge on any atom is 0.232 e. The van der Waals surface area contributed by atoms with Crippen LogP contribution in [0.3, 0.4) is 0 Å². The monoisotopic (exact) mass is 368 g/mol. The summed E-state index contributed by atoms with van der Waals surface area (Å²) < 4.78 is 11.0. The van der Waals surface area contributed by atoms with Crippen LogP contribution in [0, 0.1) is 11.3 Å². The van der Waals surface area contributed by atoms with Crippen LogP contribution in [0.1, 0.15) is 16.6 Å². The topological polar surface area (TPSA) is 74.3 Å². The molecule has 0 fully saturated rings. The lowest BCUT2D eigenvalue weighted by molar-refractivity contribution is 0.315. The first-order valence-electron chi connectivity index (χ1n) is 8.11. The fourth-order valence-corrected chi connectivity index (χ4v) is 3.50. The number of hydrogen-bond acceptors (Lipinski definition) is 7. The van der Waals surface area contributed by atoms with Gasteiger partial charge in [-0.05, 0) is 49.8 Å². The van der Waals surface area contributed by atoms with Crippen molar-refractivity contribution in [1.29, 1.82) is 5.26 Å². The first-order valence-corrected chi connectivity index (χ1v) is 8.99. The minimum absolute atomic E-state index is 0.177. The van der Waals surface area contributed by atoms with E-state index in [9.17, 15) is 5.26 Å². The molecule has 0 spiro atoms. The van der Waals surface area contributed by atoms with Gasteiger partial charge in [0.1, 0.15) is 11.8 Å². The van der Waals surface area contributed by atoms with Gasteiger partial charge in [-0.15, -0.1) is 11.3 Å². The van der Waals surface area contributed by atoms with Crippen LogP contribution in [0.4, 0.5) is 5.88 Å². The number of aromatic nitrogens is 1. The Morgan fingerprint density at radius 3 is 2.65 bits per heavy atom. The molecule has 1 N–H and O–H groups in total. The molecule has 0 aliphatic rings. The van der Waals surface area contributed by atoms with Crippen molar-refractivity contribution in [3.63, 3.8) is 0 Å². The summed E-state index contributed by atoms with van der Waals surface area (Å²) in [6.07, 6.45) is 0. The van der Waals surface area contributed by atoms with E-state index in [1.54, 1.807) is 18.4 Å². The molecule has 3 rings (SSSR count). The van der Waals surface area contributed by atoms with Crippen LogP contribution < -0.4 is 10.1 Å². The second-order valence-corrected chi connectivity index (χ2v) is 6.89. The van der Waals surface area contributed by atoms with Gasteiger partial charge in [0, 0.05) is 17.0 Å². The molecular weight excluding hydrogens is 348 g/mol. The summed E-state index contributed by atoms with van der Waals surface area (Å²) in [5, 5.41) is 14.7. The summed E-state index contributed by atoms with van der Waals surface area (Å²) in [6.45, 7) is 0.611. The Labute approximate surface area is 156 Å². The van der Waals surface area contributed by atoms with Crippen LogP contribution in [0.25, 0.3) is 11.5 Å². The molecule has 0 saturated carbocycles. The number of ether oxygens (including phenoxy) is 1. The molecule has 2 aromatic heterocycles. The van der Waals surface area contributed by atoms with E-state index in [0.717, 1.165) is 11.3 Å². The number of anilines is 1. The summed E-state index contributed by atoms with van der Waals surface area (Å²) in [4.78, 5) is 7.67. The molecular formula is C19H20N4O2S. The lowest BCUT2D eigenvalue weighted by atomic mass is 10.2. The first-order chi connectivity index (χ1) is 12.6. The van der Waals surface area contributed by atoms with Crippen molar-refractivity contribution < 1.29 is 9.15 Å². The Morgan fingerprint density at radius 1 is 1.31 bits per heavy atom. The Morgan fingerprint density at radius 2 is 2.08 bits per heavy atom. The van der Waals surface area contributed by atoms with E-state index in [1.807, 2.05) is 44.4 Å². The molecule has 7 heteroatoms. The second kappa shape index (κ2) is 8.04.